The fourth-order valence-corrected chi connectivity index (χ4v) is 7.06. The first-order chi connectivity index (χ1) is 11.0. The van der Waals surface area contributed by atoms with Gasteiger partial charge >= 0.3 is 0 Å². The van der Waals surface area contributed by atoms with E-state index in [-0.39, 0.29) is 11.3 Å². The lowest BCUT2D eigenvalue weighted by Crippen LogP contribution is -2.51. The number of ketones is 1. The highest BCUT2D eigenvalue weighted by atomic mass is 16.1. The van der Waals surface area contributed by atoms with Gasteiger partial charge in [0.25, 0.3) is 0 Å². The van der Waals surface area contributed by atoms with E-state index < -0.39 is 0 Å². The number of carbonyl (C=O) groups excluding carboxylic acids is 1. The summed E-state index contributed by atoms with van der Waals surface area (Å²) < 4.78 is 0. The number of fused-ring (bicyclic) bond motifs is 5. The van der Waals surface area contributed by atoms with Crippen LogP contribution in [0.2, 0.25) is 0 Å². The zero-order chi connectivity index (χ0) is 16.4. The van der Waals surface area contributed by atoms with Crippen LogP contribution in [0.5, 0.6) is 0 Å². The lowest BCUT2D eigenvalue weighted by molar-refractivity contribution is -0.116. The molecule has 2 heteroatoms. The van der Waals surface area contributed by atoms with Crippen LogP contribution < -0.4 is 0 Å². The Kier molecular flexibility index (Phi) is 3.49. The Morgan fingerprint density at radius 1 is 1.22 bits per heavy atom. The van der Waals surface area contributed by atoms with Crippen molar-refractivity contribution in [1.82, 2.24) is 0 Å². The minimum absolute atomic E-state index is 0.246. The molecule has 4 aliphatic carbocycles. The van der Waals surface area contributed by atoms with Crippen LogP contribution in [0.4, 0.5) is 0 Å². The molecule has 3 saturated carbocycles. The fourth-order valence-electron chi connectivity index (χ4n) is 7.06. The highest BCUT2D eigenvalue weighted by molar-refractivity contribution is 5.91. The average Bonchev–Trinajstić information content (AvgIpc) is 2.88. The van der Waals surface area contributed by atoms with Crippen molar-refractivity contribution in [2.45, 2.75) is 59.3 Å². The van der Waals surface area contributed by atoms with Gasteiger partial charge in [-0.25, -0.2) is 0 Å². The number of hydrogen-bond acceptors (Lipinski definition) is 2. The molecule has 0 saturated heterocycles. The van der Waals surface area contributed by atoms with Crippen molar-refractivity contribution in [2.24, 2.45) is 46.8 Å². The van der Waals surface area contributed by atoms with Gasteiger partial charge in [0.05, 0.1) is 12.0 Å². The molecule has 124 valence electrons. The lowest BCUT2D eigenvalue weighted by Gasteiger charge is -2.57. The second-order valence-corrected chi connectivity index (χ2v) is 9.05. The van der Waals surface area contributed by atoms with Gasteiger partial charge in [-0.1, -0.05) is 26.3 Å². The number of rotatable bonds is 0. The average molecular weight is 311 g/mol. The Labute approximate surface area is 140 Å². The van der Waals surface area contributed by atoms with Crippen molar-refractivity contribution in [2.75, 3.05) is 0 Å². The van der Waals surface area contributed by atoms with Crippen LogP contribution in [0.25, 0.3) is 0 Å². The first-order valence-corrected chi connectivity index (χ1v) is 9.61. The molecule has 2 nitrogen and oxygen atoms in total. The van der Waals surface area contributed by atoms with E-state index >= 15 is 0 Å². The molecule has 0 bridgehead atoms. The summed E-state index contributed by atoms with van der Waals surface area (Å²) in [4.78, 5) is 11.9. The van der Waals surface area contributed by atoms with Crippen molar-refractivity contribution in [1.29, 1.82) is 5.26 Å². The van der Waals surface area contributed by atoms with E-state index in [2.05, 4.69) is 26.8 Å². The monoisotopic (exact) mass is 311 g/mol. The summed E-state index contributed by atoms with van der Waals surface area (Å²) in [5, 5.41) is 9.60. The van der Waals surface area contributed by atoms with Crippen molar-refractivity contribution in [3.8, 4) is 6.07 Å². The topological polar surface area (TPSA) is 40.9 Å². The van der Waals surface area contributed by atoms with E-state index in [1.54, 1.807) is 0 Å². The maximum atomic E-state index is 11.9. The summed E-state index contributed by atoms with van der Waals surface area (Å²) in [5.74, 6) is 4.69. The van der Waals surface area contributed by atoms with Crippen molar-refractivity contribution in [3.05, 3.63) is 11.6 Å². The van der Waals surface area contributed by atoms with Gasteiger partial charge in [0.1, 0.15) is 0 Å². The maximum absolute atomic E-state index is 11.9. The predicted molar refractivity (Wildman–Crippen MR) is 90.3 cm³/mol. The first kappa shape index (κ1) is 15.4. The molecule has 0 heterocycles. The highest BCUT2D eigenvalue weighted by Gasteiger charge is 2.59. The predicted octanol–water partition coefficient (Wildman–Crippen LogP) is 4.76. The number of nitriles is 1. The second kappa shape index (κ2) is 5.20. The Hall–Kier alpha value is -1.10. The molecule has 0 aromatic rings. The van der Waals surface area contributed by atoms with Crippen molar-refractivity contribution in [3.63, 3.8) is 0 Å². The Morgan fingerprint density at radius 2 is 2.00 bits per heavy atom. The summed E-state index contributed by atoms with van der Waals surface area (Å²) in [6.45, 7) is 7.17. The minimum Gasteiger partial charge on any atom is -0.295 e. The van der Waals surface area contributed by atoms with Gasteiger partial charge in [-0.3, -0.25) is 4.79 Å². The number of hydrogen-bond donors (Lipinski definition) is 0. The van der Waals surface area contributed by atoms with Gasteiger partial charge in [-0.05, 0) is 79.1 Å². The molecule has 8 atom stereocenters. The van der Waals surface area contributed by atoms with Crippen LogP contribution in [-0.2, 0) is 4.79 Å². The third kappa shape index (κ3) is 2.01. The standard InChI is InChI=1S/C21H29NO/c1-12-13(2)20-17(16-6-5-15(23)10-18(12)16)8-9-21(3)14(11-22)4-7-19(20)21/h10,12-14,16-17,19-20H,4-9H2,1-3H3. The smallest absolute Gasteiger partial charge is 0.155 e. The summed E-state index contributed by atoms with van der Waals surface area (Å²) in [5.41, 5.74) is 1.71. The molecular formula is C21H29NO. The summed E-state index contributed by atoms with van der Waals surface area (Å²) in [6.07, 6.45) is 8.67. The van der Waals surface area contributed by atoms with Gasteiger partial charge < -0.3 is 0 Å². The van der Waals surface area contributed by atoms with Crippen LogP contribution in [-0.4, -0.2) is 5.78 Å². The summed E-state index contributed by atoms with van der Waals surface area (Å²) in [6, 6.07) is 2.63. The third-order valence-corrected chi connectivity index (χ3v) is 8.44. The van der Waals surface area contributed by atoms with Crippen molar-refractivity contribution < 1.29 is 4.79 Å². The minimum atomic E-state index is 0.246. The third-order valence-electron chi connectivity index (χ3n) is 8.44. The molecule has 8 unspecified atom stereocenters. The van der Waals surface area contributed by atoms with Crippen LogP contribution in [0.3, 0.4) is 0 Å². The molecule has 3 fully saturated rings. The van der Waals surface area contributed by atoms with E-state index in [1.165, 1.54) is 24.8 Å². The molecular weight excluding hydrogens is 282 g/mol. The zero-order valence-corrected chi connectivity index (χ0v) is 14.7. The highest BCUT2D eigenvalue weighted by Crippen LogP contribution is 2.65. The lowest BCUT2D eigenvalue weighted by atomic mass is 9.47. The van der Waals surface area contributed by atoms with E-state index in [1.807, 2.05) is 6.08 Å². The Balaban J connectivity index is 1.72. The Bertz CT molecular complexity index is 599. The van der Waals surface area contributed by atoms with Crippen LogP contribution >= 0.6 is 0 Å². The van der Waals surface area contributed by atoms with Gasteiger partial charge in [0.15, 0.2) is 5.78 Å². The Morgan fingerprint density at radius 3 is 2.74 bits per heavy atom. The summed E-state index contributed by atoms with van der Waals surface area (Å²) in [7, 11) is 0. The van der Waals surface area contributed by atoms with Gasteiger partial charge in [0.2, 0.25) is 0 Å². The molecule has 0 aromatic heterocycles. The van der Waals surface area contributed by atoms with Crippen molar-refractivity contribution >= 4 is 5.78 Å². The number of nitrogens with zero attached hydrogens (tertiary/aromatic N) is 1. The molecule has 0 aliphatic heterocycles. The molecule has 0 amide bonds. The first-order valence-electron chi connectivity index (χ1n) is 9.61. The molecule has 0 N–H and O–H groups in total. The molecule has 0 radical (unpaired) electrons. The normalized spacial score (nSPS) is 52.0. The number of carbonyl (C=O) groups is 1. The summed E-state index contributed by atoms with van der Waals surface area (Å²) >= 11 is 0. The molecule has 4 aliphatic rings. The van der Waals surface area contributed by atoms with Gasteiger partial charge in [-0.2, -0.15) is 5.26 Å². The largest absolute Gasteiger partial charge is 0.295 e. The van der Waals surface area contributed by atoms with E-state index in [9.17, 15) is 10.1 Å². The second-order valence-electron chi connectivity index (χ2n) is 9.05. The zero-order valence-electron chi connectivity index (χ0n) is 14.7. The fraction of sp³-hybridized carbons (Fsp3) is 0.810. The van der Waals surface area contributed by atoms with Crippen LogP contribution in [0, 0.1) is 58.2 Å². The maximum Gasteiger partial charge on any atom is 0.155 e. The van der Waals surface area contributed by atoms with E-state index in [0.29, 0.717) is 23.5 Å². The SMILES string of the molecule is CC1C2=CC(=O)CCC2C2CCC3(C)C(C#N)CCC3C2C1C. The molecule has 4 rings (SSSR count). The van der Waals surface area contributed by atoms with E-state index in [4.69, 9.17) is 0 Å². The number of allylic oxidation sites excluding steroid dienone is 1. The van der Waals surface area contributed by atoms with Crippen LogP contribution in [0.15, 0.2) is 11.6 Å². The van der Waals surface area contributed by atoms with Crippen LogP contribution in [0.1, 0.15) is 59.3 Å². The molecule has 0 spiro atoms. The molecule has 0 aromatic carbocycles. The van der Waals surface area contributed by atoms with Gasteiger partial charge in [0, 0.05) is 6.42 Å². The quantitative estimate of drug-likeness (QED) is 0.647. The van der Waals surface area contributed by atoms with Gasteiger partial charge in [-0.15, -0.1) is 0 Å². The molecule has 23 heavy (non-hydrogen) atoms. The van der Waals surface area contributed by atoms with E-state index in [0.717, 1.165) is 37.0 Å².